The molecule has 3 N–H and O–H groups in total. The lowest BCUT2D eigenvalue weighted by Crippen LogP contribution is -2.27. The summed E-state index contributed by atoms with van der Waals surface area (Å²) in [7, 11) is 0. The van der Waals surface area contributed by atoms with Crippen molar-refractivity contribution in [2.45, 2.75) is 26.7 Å². The lowest BCUT2D eigenvalue weighted by atomic mass is 10.1. The molecule has 22 heavy (non-hydrogen) atoms. The fourth-order valence-electron chi connectivity index (χ4n) is 1.61. The van der Waals surface area contributed by atoms with Crippen molar-refractivity contribution in [1.29, 1.82) is 0 Å². The van der Waals surface area contributed by atoms with E-state index in [1.807, 2.05) is 13.8 Å². The van der Waals surface area contributed by atoms with Crippen LogP contribution in [0.1, 0.15) is 37.0 Å². The Kier molecular flexibility index (Phi) is 6.85. The van der Waals surface area contributed by atoms with Crippen LogP contribution in [0, 0.1) is 5.92 Å². The minimum Gasteiger partial charge on any atom is -0.481 e. The fourth-order valence-corrected chi connectivity index (χ4v) is 1.88. The highest BCUT2D eigenvalue weighted by Gasteiger charge is 2.12. The smallest absolute Gasteiger partial charge is 0.303 e. The predicted molar refractivity (Wildman–Crippen MR) is 84.1 cm³/mol. The molecular weight excluding hydrogens is 308 g/mol. The lowest BCUT2D eigenvalue weighted by Gasteiger charge is -2.10. The zero-order chi connectivity index (χ0) is 16.7. The van der Waals surface area contributed by atoms with Gasteiger partial charge in [-0.25, -0.2) is 0 Å². The molecule has 2 amide bonds. The van der Waals surface area contributed by atoms with Crippen LogP contribution in [-0.2, 0) is 9.59 Å². The number of carbonyl (C=O) groups excluding carboxylic acids is 2. The molecule has 0 unspecified atom stereocenters. The second kappa shape index (κ2) is 8.38. The third kappa shape index (κ3) is 6.13. The number of benzene rings is 1. The number of anilines is 1. The third-order valence-corrected chi connectivity index (χ3v) is 3.05. The molecule has 0 saturated carbocycles. The normalized spacial score (nSPS) is 10.4. The number of halogens is 1. The molecule has 0 bridgehead atoms. The summed E-state index contributed by atoms with van der Waals surface area (Å²) >= 11 is 6.04. The van der Waals surface area contributed by atoms with Crippen molar-refractivity contribution in [2.24, 2.45) is 5.92 Å². The topological polar surface area (TPSA) is 95.5 Å². The van der Waals surface area contributed by atoms with Gasteiger partial charge in [0, 0.05) is 18.7 Å². The van der Waals surface area contributed by atoms with Crippen LogP contribution in [0.15, 0.2) is 18.2 Å². The van der Waals surface area contributed by atoms with Gasteiger partial charge in [0.05, 0.1) is 17.0 Å². The first-order chi connectivity index (χ1) is 10.3. The number of hydrogen-bond acceptors (Lipinski definition) is 3. The molecule has 6 nitrogen and oxygen atoms in total. The van der Waals surface area contributed by atoms with E-state index in [0.29, 0.717) is 23.7 Å². The van der Waals surface area contributed by atoms with Gasteiger partial charge < -0.3 is 15.7 Å². The van der Waals surface area contributed by atoms with E-state index in [9.17, 15) is 14.4 Å². The lowest BCUT2D eigenvalue weighted by molar-refractivity contribution is -0.138. The Morgan fingerprint density at radius 1 is 1.23 bits per heavy atom. The van der Waals surface area contributed by atoms with E-state index in [2.05, 4.69) is 10.6 Å². The fraction of sp³-hybridized carbons (Fsp3) is 0.400. The summed E-state index contributed by atoms with van der Waals surface area (Å²) in [4.78, 5) is 33.9. The van der Waals surface area contributed by atoms with E-state index in [1.54, 1.807) is 6.07 Å². The molecule has 1 aromatic rings. The van der Waals surface area contributed by atoms with E-state index in [4.69, 9.17) is 16.7 Å². The van der Waals surface area contributed by atoms with Gasteiger partial charge in [-0.1, -0.05) is 25.4 Å². The van der Waals surface area contributed by atoms with Crippen molar-refractivity contribution < 1.29 is 19.5 Å². The first kappa shape index (κ1) is 18.0. The van der Waals surface area contributed by atoms with E-state index >= 15 is 0 Å². The molecule has 1 rings (SSSR count). The highest BCUT2D eigenvalue weighted by molar-refractivity contribution is 6.34. The molecule has 0 aromatic heterocycles. The van der Waals surface area contributed by atoms with Crippen LogP contribution in [-0.4, -0.2) is 29.4 Å². The van der Waals surface area contributed by atoms with E-state index in [-0.39, 0.29) is 23.8 Å². The highest BCUT2D eigenvalue weighted by atomic mass is 35.5. The van der Waals surface area contributed by atoms with Gasteiger partial charge in [-0.2, -0.15) is 0 Å². The Bertz CT molecular complexity index is 573. The maximum Gasteiger partial charge on any atom is 0.303 e. The summed E-state index contributed by atoms with van der Waals surface area (Å²) in [5.74, 6) is -1.40. The van der Waals surface area contributed by atoms with Crippen molar-refractivity contribution in [3.05, 3.63) is 28.8 Å². The van der Waals surface area contributed by atoms with Gasteiger partial charge in [0.2, 0.25) is 5.91 Å². The average Bonchev–Trinajstić information content (AvgIpc) is 2.42. The number of aliphatic carboxylic acids is 1. The van der Waals surface area contributed by atoms with Crippen LogP contribution < -0.4 is 10.6 Å². The minimum atomic E-state index is -1.04. The van der Waals surface area contributed by atoms with Crippen molar-refractivity contribution in [3.8, 4) is 0 Å². The number of carboxylic acid groups (broad SMARTS) is 1. The van der Waals surface area contributed by atoms with E-state index in [0.717, 1.165) is 0 Å². The molecule has 0 aliphatic rings. The number of carboxylic acids is 1. The Labute approximate surface area is 133 Å². The number of carbonyl (C=O) groups is 3. The van der Waals surface area contributed by atoms with Gasteiger partial charge in [0.15, 0.2) is 0 Å². The van der Waals surface area contributed by atoms with Crippen LogP contribution in [0.5, 0.6) is 0 Å². The molecule has 7 heteroatoms. The Morgan fingerprint density at radius 2 is 1.91 bits per heavy atom. The minimum absolute atomic E-state index is 0.121. The maximum atomic E-state index is 11.9. The molecule has 0 saturated heterocycles. The molecule has 0 aliphatic heterocycles. The van der Waals surface area contributed by atoms with Crippen molar-refractivity contribution in [3.63, 3.8) is 0 Å². The summed E-state index contributed by atoms with van der Waals surface area (Å²) in [6.45, 7) is 4.51. The van der Waals surface area contributed by atoms with Crippen LogP contribution in [0.3, 0.4) is 0 Å². The van der Waals surface area contributed by atoms with Crippen LogP contribution in [0.25, 0.3) is 0 Å². The molecule has 120 valence electrons. The summed E-state index contributed by atoms with van der Waals surface area (Å²) in [5.41, 5.74) is 0.742. The van der Waals surface area contributed by atoms with Gasteiger partial charge in [-0.15, -0.1) is 0 Å². The quantitative estimate of drug-likeness (QED) is 0.717. The first-order valence-corrected chi connectivity index (χ1v) is 7.26. The summed E-state index contributed by atoms with van der Waals surface area (Å²) in [6, 6.07) is 4.53. The zero-order valence-electron chi connectivity index (χ0n) is 12.5. The number of hydrogen-bond donors (Lipinski definition) is 3. The van der Waals surface area contributed by atoms with Crippen LogP contribution in [0.2, 0.25) is 5.02 Å². The molecule has 0 fully saturated rings. The van der Waals surface area contributed by atoms with E-state index < -0.39 is 11.9 Å². The number of amides is 2. The molecule has 0 radical (unpaired) electrons. The SMILES string of the molecule is CC(C)CNC(=O)c1ccc(NC(=O)CCC(=O)O)cc1Cl. The van der Waals surface area contributed by atoms with Crippen LogP contribution in [0.4, 0.5) is 5.69 Å². The number of rotatable bonds is 7. The molecule has 1 aromatic carbocycles. The monoisotopic (exact) mass is 326 g/mol. The van der Waals surface area contributed by atoms with Crippen molar-refractivity contribution in [1.82, 2.24) is 5.32 Å². The molecule has 0 atom stereocenters. The van der Waals surface area contributed by atoms with Gasteiger partial charge in [-0.3, -0.25) is 14.4 Å². The standard InChI is InChI=1S/C15H19ClN2O4/c1-9(2)8-17-15(22)11-4-3-10(7-12(11)16)18-13(19)5-6-14(20)21/h3-4,7,9H,5-6,8H2,1-2H3,(H,17,22)(H,18,19)(H,20,21). The van der Waals surface area contributed by atoms with Crippen molar-refractivity contribution >= 4 is 35.1 Å². The maximum absolute atomic E-state index is 11.9. The summed E-state index contributed by atoms with van der Waals surface area (Å²) < 4.78 is 0. The van der Waals surface area contributed by atoms with Gasteiger partial charge in [0.1, 0.15) is 0 Å². The highest BCUT2D eigenvalue weighted by Crippen LogP contribution is 2.21. The largest absolute Gasteiger partial charge is 0.481 e. The second-order valence-corrected chi connectivity index (χ2v) is 5.65. The van der Waals surface area contributed by atoms with E-state index in [1.165, 1.54) is 12.1 Å². The molecule has 0 aliphatic carbocycles. The molecule has 0 heterocycles. The Balaban J connectivity index is 2.67. The summed E-state index contributed by atoms with van der Waals surface area (Å²) in [6.07, 6.45) is -0.362. The predicted octanol–water partition coefficient (Wildman–Crippen LogP) is 2.53. The first-order valence-electron chi connectivity index (χ1n) is 6.89. The van der Waals surface area contributed by atoms with Crippen LogP contribution >= 0.6 is 11.6 Å². The molecular formula is C15H19ClN2O4. The number of nitrogens with one attached hydrogen (secondary N) is 2. The average molecular weight is 327 g/mol. The third-order valence-electron chi connectivity index (χ3n) is 2.73. The van der Waals surface area contributed by atoms with Gasteiger partial charge in [0.25, 0.3) is 5.91 Å². The Hall–Kier alpha value is -2.08. The van der Waals surface area contributed by atoms with Crippen molar-refractivity contribution in [2.75, 3.05) is 11.9 Å². The second-order valence-electron chi connectivity index (χ2n) is 5.24. The van der Waals surface area contributed by atoms with Gasteiger partial charge in [-0.05, 0) is 24.1 Å². The summed E-state index contributed by atoms with van der Waals surface area (Å²) in [5, 5.41) is 14.0. The molecule has 0 spiro atoms. The van der Waals surface area contributed by atoms with Gasteiger partial charge >= 0.3 is 5.97 Å². The zero-order valence-corrected chi connectivity index (χ0v) is 13.2. The Morgan fingerprint density at radius 3 is 2.45 bits per heavy atom.